The van der Waals surface area contributed by atoms with Gasteiger partial charge in [0.05, 0.1) is 35.4 Å². The summed E-state index contributed by atoms with van der Waals surface area (Å²) in [7, 11) is 3.11. The smallest absolute Gasteiger partial charge is 0.275 e. The molecule has 1 aromatic heterocycles. The van der Waals surface area contributed by atoms with Gasteiger partial charge in [-0.2, -0.15) is 5.26 Å². The summed E-state index contributed by atoms with van der Waals surface area (Å²) in [5, 5.41) is 22.8. The predicted octanol–water partition coefficient (Wildman–Crippen LogP) is 2.58. The van der Waals surface area contributed by atoms with E-state index in [9.17, 15) is 10.1 Å². The molecule has 0 atom stereocenters. The molecule has 0 spiro atoms. The van der Waals surface area contributed by atoms with Gasteiger partial charge in [0, 0.05) is 18.7 Å². The summed E-state index contributed by atoms with van der Waals surface area (Å²) in [4.78, 5) is 14.8. The van der Waals surface area contributed by atoms with Gasteiger partial charge >= 0.3 is 0 Å². The van der Waals surface area contributed by atoms with Crippen molar-refractivity contribution in [3.05, 3.63) is 46.0 Å². The lowest BCUT2D eigenvalue weighted by Gasteiger charge is -2.09. The minimum Gasteiger partial charge on any atom is -0.496 e. The third-order valence-electron chi connectivity index (χ3n) is 2.88. The number of ether oxygens (including phenoxy) is 1. The van der Waals surface area contributed by atoms with Gasteiger partial charge in [-0.15, -0.1) is 0 Å². The number of nitriles is 1. The molecular weight excluding hydrogens is 272 g/mol. The summed E-state index contributed by atoms with van der Waals surface area (Å²) < 4.78 is 5.23. The van der Waals surface area contributed by atoms with Crippen LogP contribution in [0.1, 0.15) is 5.56 Å². The molecule has 2 rings (SSSR count). The molecule has 0 fully saturated rings. The number of aromatic nitrogens is 1. The van der Waals surface area contributed by atoms with Crippen LogP contribution in [-0.4, -0.2) is 24.1 Å². The highest BCUT2D eigenvalue weighted by molar-refractivity contribution is 5.72. The van der Waals surface area contributed by atoms with Crippen LogP contribution in [0.5, 0.6) is 5.75 Å². The third kappa shape index (κ3) is 2.90. The van der Waals surface area contributed by atoms with Crippen LogP contribution in [0.15, 0.2) is 30.3 Å². The Kier molecular flexibility index (Phi) is 4.00. The highest BCUT2D eigenvalue weighted by Crippen LogP contribution is 2.32. The number of hydrogen-bond donors (Lipinski definition) is 1. The summed E-state index contributed by atoms with van der Waals surface area (Å²) in [5.41, 5.74) is 1.22. The number of nitrogens with zero attached hydrogens (tertiary/aromatic N) is 3. The van der Waals surface area contributed by atoms with E-state index in [0.717, 1.165) is 0 Å². The Labute approximate surface area is 121 Å². The molecule has 0 saturated heterocycles. The van der Waals surface area contributed by atoms with Crippen molar-refractivity contribution in [1.82, 2.24) is 4.98 Å². The van der Waals surface area contributed by atoms with Crippen molar-refractivity contribution in [3.8, 4) is 23.1 Å². The normalized spacial score (nSPS) is 9.76. The zero-order chi connectivity index (χ0) is 15.4. The van der Waals surface area contributed by atoms with Crippen LogP contribution >= 0.6 is 0 Å². The maximum Gasteiger partial charge on any atom is 0.275 e. The van der Waals surface area contributed by atoms with Crippen molar-refractivity contribution in [2.45, 2.75) is 0 Å². The molecule has 0 bridgehead atoms. The molecular formula is C14H12N4O3. The number of benzene rings is 1. The van der Waals surface area contributed by atoms with Crippen LogP contribution in [0, 0.1) is 21.4 Å². The highest BCUT2D eigenvalue weighted by atomic mass is 16.6. The maximum absolute atomic E-state index is 11.0. The topological polar surface area (TPSA) is 101 Å². The van der Waals surface area contributed by atoms with E-state index in [1.165, 1.54) is 19.2 Å². The van der Waals surface area contributed by atoms with Crippen LogP contribution in [0.25, 0.3) is 11.3 Å². The van der Waals surface area contributed by atoms with Crippen LogP contribution in [-0.2, 0) is 0 Å². The van der Waals surface area contributed by atoms with E-state index in [1.807, 2.05) is 6.07 Å². The van der Waals surface area contributed by atoms with Crippen molar-refractivity contribution in [3.63, 3.8) is 0 Å². The number of nitrogens with one attached hydrogen (secondary N) is 1. The van der Waals surface area contributed by atoms with Gasteiger partial charge in [-0.05, 0) is 18.2 Å². The summed E-state index contributed by atoms with van der Waals surface area (Å²) >= 11 is 0. The summed E-state index contributed by atoms with van der Waals surface area (Å²) in [5.74, 6) is 0.854. The SMILES string of the molecule is CNc1cc([N+](=O)[O-])cc(-c2cc(C#N)ccc2OC)n1. The summed E-state index contributed by atoms with van der Waals surface area (Å²) in [6, 6.07) is 9.54. The van der Waals surface area contributed by atoms with Crippen molar-refractivity contribution < 1.29 is 9.66 Å². The molecule has 0 aliphatic heterocycles. The van der Waals surface area contributed by atoms with Gasteiger partial charge < -0.3 is 10.1 Å². The molecule has 21 heavy (non-hydrogen) atoms. The number of nitro groups is 1. The first-order valence-corrected chi connectivity index (χ1v) is 6.01. The third-order valence-corrected chi connectivity index (χ3v) is 2.88. The first-order valence-electron chi connectivity index (χ1n) is 6.01. The minimum absolute atomic E-state index is 0.0891. The molecule has 0 saturated carbocycles. The molecule has 7 heteroatoms. The molecule has 0 aliphatic rings. The van der Waals surface area contributed by atoms with Gasteiger partial charge in [0.15, 0.2) is 0 Å². The van der Waals surface area contributed by atoms with Gasteiger partial charge in [-0.25, -0.2) is 4.98 Å². The van der Waals surface area contributed by atoms with E-state index in [-0.39, 0.29) is 5.69 Å². The average molecular weight is 284 g/mol. The molecule has 0 amide bonds. The maximum atomic E-state index is 11.0. The first-order chi connectivity index (χ1) is 10.1. The average Bonchev–Trinajstić information content (AvgIpc) is 2.53. The fraction of sp³-hybridized carbons (Fsp3) is 0.143. The number of hydrogen-bond acceptors (Lipinski definition) is 6. The fourth-order valence-corrected chi connectivity index (χ4v) is 1.87. The summed E-state index contributed by atoms with van der Waals surface area (Å²) in [6.45, 7) is 0. The Morgan fingerprint density at radius 1 is 1.38 bits per heavy atom. The Bertz CT molecular complexity index is 737. The lowest BCUT2D eigenvalue weighted by molar-refractivity contribution is -0.384. The fourth-order valence-electron chi connectivity index (χ4n) is 1.87. The lowest BCUT2D eigenvalue weighted by atomic mass is 10.1. The second kappa shape index (κ2) is 5.88. The second-order valence-electron chi connectivity index (χ2n) is 4.13. The van der Waals surface area contributed by atoms with Crippen LogP contribution in [0.3, 0.4) is 0 Å². The minimum atomic E-state index is -0.493. The second-order valence-corrected chi connectivity index (χ2v) is 4.13. The van der Waals surface area contributed by atoms with E-state index in [0.29, 0.717) is 28.4 Å². The number of methoxy groups -OCH3 is 1. The monoisotopic (exact) mass is 284 g/mol. The van der Waals surface area contributed by atoms with E-state index in [2.05, 4.69) is 10.3 Å². The molecule has 0 aliphatic carbocycles. The number of anilines is 1. The van der Waals surface area contributed by atoms with E-state index in [4.69, 9.17) is 10.00 Å². The van der Waals surface area contributed by atoms with Gasteiger partial charge in [0.2, 0.25) is 0 Å². The Hall–Kier alpha value is -3.14. The zero-order valence-electron chi connectivity index (χ0n) is 11.5. The van der Waals surface area contributed by atoms with Gasteiger partial charge in [-0.1, -0.05) is 0 Å². The van der Waals surface area contributed by atoms with Crippen molar-refractivity contribution >= 4 is 11.5 Å². The number of rotatable bonds is 4. The van der Waals surface area contributed by atoms with Crippen molar-refractivity contribution in [2.75, 3.05) is 19.5 Å². The van der Waals surface area contributed by atoms with Crippen molar-refractivity contribution in [1.29, 1.82) is 5.26 Å². The molecule has 1 N–H and O–H groups in total. The first kappa shape index (κ1) is 14.3. The molecule has 106 valence electrons. The predicted molar refractivity (Wildman–Crippen MR) is 77.1 cm³/mol. The molecule has 0 radical (unpaired) electrons. The molecule has 0 unspecified atom stereocenters. The Morgan fingerprint density at radius 2 is 2.14 bits per heavy atom. The quantitative estimate of drug-likeness (QED) is 0.684. The largest absolute Gasteiger partial charge is 0.496 e. The zero-order valence-corrected chi connectivity index (χ0v) is 11.5. The molecule has 1 aromatic carbocycles. The van der Waals surface area contributed by atoms with Crippen LogP contribution in [0.2, 0.25) is 0 Å². The van der Waals surface area contributed by atoms with Gasteiger partial charge in [-0.3, -0.25) is 10.1 Å². The van der Waals surface area contributed by atoms with Crippen LogP contribution in [0.4, 0.5) is 11.5 Å². The molecule has 2 aromatic rings. The van der Waals surface area contributed by atoms with Gasteiger partial charge in [0.1, 0.15) is 11.6 Å². The van der Waals surface area contributed by atoms with E-state index >= 15 is 0 Å². The molecule has 7 nitrogen and oxygen atoms in total. The number of pyridine rings is 1. The van der Waals surface area contributed by atoms with Crippen molar-refractivity contribution in [2.24, 2.45) is 0 Å². The molecule has 1 heterocycles. The lowest BCUT2D eigenvalue weighted by Crippen LogP contribution is -1.99. The standard InChI is InChI=1S/C14H12N4O3/c1-16-14-7-10(18(19)20)6-12(17-14)11-5-9(8-15)3-4-13(11)21-2/h3-7H,1-2H3,(H,16,17). The Morgan fingerprint density at radius 3 is 2.71 bits per heavy atom. The Balaban J connectivity index is 2.68. The van der Waals surface area contributed by atoms with Crippen LogP contribution < -0.4 is 10.1 Å². The van der Waals surface area contributed by atoms with Gasteiger partial charge in [0.25, 0.3) is 5.69 Å². The van der Waals surface area contributed by atoms with E-state index in [1.54, 1.807) is 25.2 Å². The van der Waals surface area contributed by atoms with E-state index < -0.39 is 4.92 Å². The summed E-state index contributed by atoms with van der Waals surface area (Å²) in [6.07, 6.45) is 0. The highest BCUT2D eigenvalue weighted by Gasteiger charge is 2.15.